The van der Waals surface area contributed by atoms with Crippen LogP contribution in [0.4, 0.5) is 5.82 Å². The topological polar surface area (TPSA) is 69.8 Å². The van der Waals surface area contributed by atoms with E-state index in [1.807, 2.05) is 54.8 Å². The number of fused-ring (bicyclic) bond motifs is 1. The third kappa shape index (κ3) is 3.99. The summed E-state index contributed by atoms with van der Waals surface area (Å²) in [6.07, 6.45) is 4.03. The van der Waals surface area contributed by atoms with E-state index in [0.717, 1.165) is 28.0 Å². The lowest BCUT2D eigenvalue weighted by molar-refractivity contribution is 0.696. The van der Waals surface area contributed by atoms with Gasteiger partial charge >= 0.3 is 0 Å². The number of H-pyrrole nitrogens is 1. The molecule has 3 heterocycles. The van der Waals surface area contributed by atoms with Crippen LogP contribution < -0.4 is 16.2 Å². The van der Waals surface area contributed by atoms with Crippen LogP contribution in [0.25, 0.3) is 6.08 Å². The highest BCUT2D eigenvalue weighted by molar-refractivity contribution is 7.98. The van der Waals surface area contributed by atoms with Crippen LogP contribution in [0, 0.1) is 0 Å². The molecule has 0 aliphatic carbocycles. The maximum atomic E-state index is 13.1. The van der Waals surface area contributed by atoms with Crippen molar-refractivity contribution in [1.82, 2.24) is 15.3 Å². The third-order valence-electron chi connectivity index (χ3n) is 5.69. The fourth-order valence-corrected chi connectivity index (χ4v) is 4.87. The van der Waals surface area contributed by atoms with Gasteiger partial charge in [-0.2, -0.15) is 0 Å². The Bertz CT molecular complexity index is 1300. The van der Waals surface area contributed by atoms with Crippen molar-refractivity contribution in [2.24, 2.45) is 0 Å². The first kappa shape index (κ1) is 21.3. The largest absolute Gasteiger partial charge is 0.339 e. The average Bonchev–Trinajstić information content (AvgIpc) is 2.80. The first-order valence-electron chi connectivity index (χ1n) is 10.1. The summed E-state index contributed by atoms with van der Waals surface area (Å²) in [6, 6.07) is 15.4. The first-order chi connectivity index (χ1) is 15.5. The van der Waals surface area contributed by atoms with Crippen LogP contribution in [-0.4, -0.2) is 29.3 Å². The molecule has 5 nitrogen and oxygen atoms in total. The van der Waals surface area contributed by atoms with Crippen molar-refractivity contribution < 1.29 is 0 Å². The first-order valence-corrected chi connectivity index (χ1v) is 12.1. The second kappa shape index (κ2) is 8.79. The van der Waals surface area contributed by atoms with Crippen LogP contribution >= 0.6 is 35.0 Å². The number of benzene rings is 2. The minimum atomic E-state index is -0.230. The molecule has 2 aliphatic rings. The third-order valence-corrected chi connectivity index (χ3v) is 6.78. The molecule has 1 aromatic heterocycles. The van der Waals surface area contributed by atoms with E-state index in [-0.39, 0.29) is 11.5 Å². The summed E-state index contributed by atoms with van der Waals surface area (Å²) >= 11 is 13.6. The van der Waals surface area contributed by atoms with Gasteiger partial charge in [-0.3, -0.25) is 4.79 Å². The van der Waals surface area contributed by atoms with Crippen LogP contribution in [0.15, 0.2) is 75.3 Å². The van der Waals surface area contributed by atoms with Crippen molar-refractivity contribution in [3.8, 4) is 0 Å². The molecule has 2 aliphatic heterocycles. The monoisotopic (exact) mass is 482 g/mol. The standard InChI is InChI=1S/C24H20Cl2N4OS/c1-32-24-29-22-20(23(31)30-24)19(14-4-8-17(26)9-5-14)18-12-27-11-15(21(18)28-22)10-13-2-6-16(25)7-3-13/h2-10,19,27H,11-12H2,1H3,(H2,28,29,30,31)/b15-10+. The molecule has 0 spiro atoms. The average molecular weight is 483 g/mol. The molecule has 32 heavy (non-hydrogen) atoms. The Morgan fingerprint density at radius 2 is 1.72 bits per heavy atom. The number of halogens is 2. The smallest absolute Gasteiger partial charge is 0.257 e. The summed E-state index contributed by atoms with van der Waals surface area (Å²) in [7, 11) is 0. The summed E-state index contributed by atoms with van der Waals surface area (Å²) in [5.41, 5.74) is 5.77. The van der Waals surface area contributed by atoms with Crippen LogP contribution in [0.3, 0.4) is 0 Å². The van der Waals surface area contributed by atoms with Gasteiger partial charge in [-0.1, -0.05) is 59.2 Å². The predicted molar refractivity (Wildman–Crippen MR) is 133 cm³/mol. The van der Waals surface area contributed by atoms with Crippen LogP contribution in [0.2, 0.25) is 10.0 Å². The van der Waals surface area contributed by atoms with E-state index < -0.39 is 0 Å². The lowest BCUT2D eigenvalue weighted by Gasteiger charge is -2.35. The summed E-state index contributed by atoms with van der Waals surface area (Å²) in [5, 5.41) is 8.92. The van der Waals surface area contributed by atoms with Crippen molar-refractivity contribution in [3.05, 3.63) is 102 Å². The minimum absolute atomic E-state index is 0.132. The number of aromatic nitrogens is 2. The van der Waals surface area contributed by atoms with Gasteiger partial charge in [0.15, 0.2) is 5.16 Å². The van der Waals surface area contributed by atoms with Crippen molar-refractivity contribution in [2.45, 2.75) is 11.1 Å². The quantitative estimate of drug-likeness (QED) is 0.349. The molecule has 1 atom stereocenters. The van der Waals surface area contributed by atoms with Crippen molar-refractivity contribution in [2.75, 3.05) is 24.7 Å². The molecule has 0 saturated carbocycles. The summed E-state index contributed by atoms with van der Waals surface area (Å²) in [6.45, 7) is 1.37. The fraction of sp³-hybridized carbons (Fsp3) is 0.167. The number of nitrogens with zero attached hydrogens (tertiary/aromatic N) is 1. The second-order valence-electron chi connectivity index (χ2n) is 7.67. The zero-order chi connectivity index (χ0) is 22.2. The molecule has 2 aromatic carbocycles. The van der Waals surface area contributed by atoms with Gasteiger partial charge in [0, 0.05) is 34.7 Å². The molecule has 1 unspecified atom stereocenters. The Balaban J connectivity index is 1.70. The molecule has 8 heteroatoms. The highest BCUT2D eigenvalue weighted by Crippen LogP contribution is 2.42. The molecular formula is C24H20Cl2N4OS. The van der Waals surface area contributed by atoms with Gasteiger partial charge in [-0.25, -0.2) is 4.98 Å². The summed E-state index contributed by atoms with van der Waals surface area (Å²) in [5.74, 6) is 0.368. The lowest BCUT2D eigenvalue weighted by atomic mass is 9.79. The Morgan fingerprint density at radius 1 is 1.03 bits per heavy atom. The van der Waals surface area contributed by atoms with Gasteiger partial charge < -0.3 is 15.6 Å². The highest BCUT2D eigenvalue weighted by Gasteiger charge is 2.35. The van der Waals surface area contributed by atoms with Gasteiger partial charge in [0.05, 0.1) is 5.56 Å². The van der Waals surface area contributed by atoms with Crippen molar-refractivity contribution in [3.63, 3.8) is 0 Å². The lowest BCUT2D eigenvalue weighted by Crippen LogP contribution is -2.37. The van der Waals surface area contributed by atoms with E-state index in [4.69, 9.17) is 28.2 Å². The molecule has 0 fully saturated rings. The van der Waals surface area contributed by atoms with Gasteiger partial charge in [-0.05, 0) is 58.9 Å². The second-order valence-corrected chi connectivity index (χ2v) is 9.34. The number of thioether (sulfide) groups is 1. The van der Waals surface area contributed by atoms with E-state index in [1.165, 1.54) is 11.8 Å². The SMILES string of the molecule is CSc1nc2c(c(=O)[nH]1)C(c1ccc(Cl)cc1)C1=C(N2)/C(=C/c2ccc(Cl)cc2)CNC1. The van der Waals surface area contributed by atoms with Crippen LogP contribution in [0.1, 0.15) is 22.6 Å². The molecule has 162 valence electrons. The van der Waals surface area contributed by atoms with E-state index in [1.54, 1.807) is 0 Å². The van der Waals surface area contributed by atoms with Crippen LogP contribution in [-0.2, 0) is 0 Å². The number of rotatable bonds is 3. The Morgan fingerprint density at radius 3 is 2.41 bits per heavy atom. The normalized spacial score (nSPS) is 18.8. The van der Waals surface area contributed by atoms with Gasteiger partial charge in [0.2, 0.25) is 0 Å². The van der Waals surface area contributed by atoms with E-state index in [9.17, 15) is 4.79 Å². The van der Waals surface area contributed by atoms with E-state index in [0.29, 0.717) is 39.7 Å². The Hall–Kier alpha value is -2.51. The number of aromatic amines is 1. The zero-order valence-corrected chi connectivity index (χ0v) is 19.5. The summed E-state index contributed by atoms with van der Waals surface area (Å²) in [4.78, 5) is 20.7. The predicted octanol–water partition coefficient (Wildman–Crippen LogP) is 5.30. The molecule has 3 N–H and O–H groups in total. The number of hydrogen-bond donors (Lipinski definition) is 3. The van der Waals surface area contributed by atoms with Gasteiger partial charge in [0.1, 0.15) is 5.82 Å². The number of nitrogens with one attached hydrogen (secondary N) is 3. The van der Waals surface area contributed by atoms with Crippen molar-refractivity contribution in [1.29, 1.82) is 0 Å². The number of anilines is 1. The molecule has 0 saturated heterocycles. The Kier molecular flexibility index (Phi) is 5.86. The van der Waals surface area contributed by atoms with Gasteiger partial charge in [-0.15, -0.1) is 0 Å². The van der Waals surface area contributed by atoms with Crippen LogP contribution in [0.5, 0.6) is 0 Å². The number of hydrogen-bond acceptors (Lipinski definition) is 5. The molecule has 0 amide bonds. The maximum Gasteiger partial charge on any atom is 0.257 e. The molecular weight excluding hydrogens is 463 g/mol. The molecule has 3 aromatic rings. The highest BCUT2D eigenvalue weighted by atomic mass is 35.5. The molecule has 0 radical (unpaired) electrons. The molecule has 5 rings (SSSR count). The maximum absolute atomic E-state index is 13.1. The molecule has 0 bridgehead atoms. The van der Waals surface area contributed by atoms with E-state index in [2.05, 4.69) is 21.7 Å². The fourth-order valence-electron chi connectivity index (χ4n) is 4.24. The van der Waals surface area contributed by atoms with E-state index >= 15 is 0 Å². The minimum Gasteiger partial charge on any atom is -0.339 e. The van der Waals surface area contributed by atoms with Crippen molar-refractivity contribution >= 4 is 46.9 Å². The van der Waals surface area contributed by atoms with Gasteiger partial charge in [0.25, 0.3) is 5.56 Å². The summed E-state index contributed by atoms with van der Waals surface area (Å²) < 4.78 is 0. The Labute approximate surface area is 200 Å². The zero-order valence-electron chi connectivity index (χ0n) is 17.2.